The second-order valence-electron chi connectivity index (χ2n) is 6.91. The summed E-state index contributed by atoms with van der Waals surface area (Å²) in [5.41, 5.74) is 6.58. The fourth-order valence-corrected chi connectivity index (χ4v) is 3.50. The number of aromatic nitrogens is 1. The molecule has 0 aliphatic rings. The number of rotatable bonds is 1. The second-order valence-corrected chi connectivity index (χ2v) is 6.91. The quantitative estimate of drug-likeness (QED) is 0.203. The molecule has 5 rings (SSSR count). The van der Waals surface area contributed by atoms with E-state index in [0.29, 0.717) is 0 Å². The van der Waals surface area contributed by atoms with Gasteiger partial charge in [-0.05, 0) is 24.7 Å². The van der Waals surface area contributed by atoms with E-state index in [9.17, 15) is 0 Å². The molecule has 0 aliphatic carbocycles. The molecule has 0 radical (unpaired) electrons. The molecule has 0 unspecified atom stereocenters. The van der Waals surface area contributed by atoms with Gasteiger partial charge in [0, 0.05) is 11.1 Å². The van der Waals surface area contributed by atoms with E-state index in [1.165, 1.54) is 44.2 Å². The molecule has 4 aromatic carbocycles. The van der Waals surface area contributed by atoms with Crippen LogP contribution in [0.5, 0.6) is 0 Å². The van der Waals surface area contributed by atoms with Gasteiger partial charge in [0.2, 0.25) is 0 Å². The molecule has 0 N–H and O–H groups in total. The Bertz CT molecular complexity index is 1130. The van der Waals surface area contributed by atoms with Crippen molar-refractivity contribution in [2.24, 2.45) is 0 Å². The van der Waals surface area contributed by atoms with Crippen LogP contribution in [0.4, 0.5) is 0 Å². The molecular formula is C25H23Cl2HfN. The first-order chi connectivity index (χ1) is 12.6. The van der Waals surface area contributed by atoms with Crippen molar-refractivity contribution in [3.8, 4) is 5.69 Å². The third kappa shape index (κ3) is 5.31. The minimum absolute atomic E-state index is 0. The van der Waals surface area contributed by atoms with Gasteiger partial charge in [0.15, 0.2) is 0 Å². The van der Waals surface area contributed by atoms with E-state index < -0.39 is 0 Å². The Labute approximate surface area is 204 Å². The molecule has 0 bridgehead atoms. The Morgan fingerprint density at radius 2 is 1.45 bits per heavy atom. The van der Waals surface area contributed by atoms with E-state index in [4.69, 9.17) is 0 Å². The molecule has 29 heavy (non-hydrogen) atoms. The molecule has 0 fully saturated rings. The SMILES string of the molecule is Cc1cc2ccccc2n1-c1cc2ccccc2[cH-]1.Cc1ccc[c-]1C.[Cl-].[Cl-].[Hf+4]. The van der Waals surface area contributed by atoms with Gasteiger partial charge in [-0.25, -0.2) is 12.1 Å². The van der Waals surface area contributed by atoms with Crippen LogP contribution in [0.3, 0.4) is 0 Å². The van der Waals surface area contributed by atoms with Crippen LogP contribution in [0.15, 0.2) is 84.9 Å². The first-order valence-electron chi connectivity index (χ1n) is 9.05. The summed E-state index contributed by atoms with van der Waals surface area (Å²) in [6.45, 7) is 6.41. The number of nitrogens with zero attached hydrogens (tertiary/aromatic N) is 1. The molecule has 5 aromatic rings. The third-order valence-corrected chi connectivity index (χ3v) is 5.07. The van der Waals surface area contributed by atoms with Gasteiger partial charge in [0.05, 0.1) is 5.52 Å². The Hall–Kier alpha value is -1.61. The average Bonchev–Trinajstić information content (AvgIpc) is 3.31. The normalized spacial score (nSPS) is 9.76. The molecule has 0 atom stereocenters. The van der Waals surface area contributed by atoms with E-state index in [2.05, 4.69) is 110 Å². The Morgan fingerprint density at radius 1 is 0.793 bits per heavy atom. The molecule has 0 saturated heterocycles. The molecule has 1 nitrogen and oxygen atoms in total. The summed E-state index contributed by atoms with van der Waals surface area (Å²) < 4.78 is 2.33. The molecule has 0 aliphatic heterocycles. The summed E-state index contributed by atoms with van der Waals surface area (Å²) in [6.07, 6.45) is 0. The monoisotopic (exact) mass is 587 g/mol. The summed E-state index contributed by atoms with van der Waals surface area (Å²) >= 11 is 0. The number of hydrogen-bond acceptors (Lipinski definition) is 0. The minimum atomic E-state index is 0. The fourth-order valence-electron chi connectivity index (χ4n) is 3.50. The van der Waals surface area contributed by atoms with Crippen LogP contribution >= 0.6 is 0 Å². The average molecular weight is 587 g/mol. The maximum Gasteiger partial charge on any atom is 4.00 e. The van der Waals surface area contributed by atoms with E-state index in [0.717, 1.165) is 0 Å². The van der Waals surface area contributed by atoms with Crippen molar-refractivity contribution in [3.05, 3.63) is 102 Å². The van der Waals surface area contributed by atoms with Crippen LogP contribution in [0.25, 0.3) is 27.4 Å². The van der Waals surface area contributed by atoms with Crippen molar-refractivity contribution < 1.29 is 50.7 Å². The van der Waals surface area contributed by atoms with E-state index in [-0.39, 0.29) is 50.7 Å². The number of hydrogen-bond donors (Lipinski definition) is 0. The van der Waals surface area contributed by atoms with Crippen molar-refractivity contribution in [3.63, 3.8) is 0 Å². The summed E-state index contributed by atoms with van der Waals surface area (Å²) in [5, 5.41) is 3.90. The predicted molar refractivity (Wildman–Crippen MR) is 113 cm³/mol. The van der Waals surface area contributed by atoms with Crippen LogP contribution in [-0.2, 0) is 25.8 Å². The maximum atomic E-state index is 2.33. The van der Waals surface area contributed by atoms with E-state index in [1.807, 2.05) is 0 Å². The van der Waals surface area contributed by atoms with E-state index >= 15 is 0 Å². The van der Waals surface area contributed by atoms with E-state index in [1.54, 1.807) is 0 Å². The number of halogens is 2. The van der Waals surface area contributed by atoms with Gasteiger partial charge in [-0.2, -0.15) is 17.2 Å². The summed E-state index contributed by atoms with van der Waals surface area (Å²) in [7, 11) is 0. The van der Waals surface area contributed by atoms with Crippen LogP contribution in [0, 0.1) is 20.8 Å². The molecule has 0 saturated carbocycles. The number of benzene rings is 2. The zero-order valence-corrected chi connectivity index (χ0v) is 21.9. The Balaban J connectivity index is 0.000000365. The van der Waals surface area contributed by atoms with Crippen molar-refractivity contribution >= 4 is 21.7 Å². The van der Waals surface area contributed by atoms with Crippen LogP contribution < -0.4 is 24.8 Å². The maximum absolute atomic E-state index is 2.33. The zero-order valence-electron chi connectivity index (χ0n) is 16.8. The van der Waals surface area contributed by atoms with Gasteiger partial charge in [0.25, 0.3) is 0 Å². The molecule has 4 heteroatoms. The molecule has 1 heterocycles. The number of aryl methyl sites for hydroxylation is 3. The molecular weight excluding hydrogens is 564 g/mol. The zero-order chi connectivity index (χ0) is 18.1. The first-order valence-corrected chi connectivity index (χ1v) is 9.05. The summed E-state index contributed by atoms with van der Waals surface area (Å²) in [5.74, 6) is 0. The Morgan fingerprint density at radius 3 is 2.03 bits per heavy atom. The van der Waals surface area contributed by atoms with Crippen molar-refractivity contribution in [1.29, 1.82) is 0 Å². The van der Waals surface area contributed by atoms with Crippen molar-refractivity contribution in [2.45, 2.75) is 20.8 Å². The predicted octanol–water partition coefficient (Wildman–Crippen LogP) is 0.839. The van der Waals surface area contributed by atoms with Gasteiger partial charge in [-0.3, -0.25) is 0 Å². The number of fused-ring (bicyclic) bond motifs is 2. The molecule has 0 amide bonds. The number of para-hydroxylation sites is 1. The first kappa shape index (κ1) is 25.4. The van der Waals surface area contributed by atoms with Crippen LogP contribution in [-0.4, -0.2) is 4.57 Å². The van der Waals surface area contributed by atoms with Gasteiger partial charge < -0.3 is 29.4 Å². The van der Waals surface area contributed by atoms with Gasteiger partial charge in [-0.15, -0.1) is 41.1 Å². The second kappa shape index (κ2) is 11.0. The smallest absolute Gasteiger partial charge is 1.00 e. The van der Waals surface area contributed by atoms with Gasteiger partial charge in [0.1, 0.15) is 0 Å². The van der Waals surface area contributed by atoms with Gasteiger partial charge >= 0.3 is 25.8 Å². The third-order valence-electron chi connectivity index (χ3n) is 5.07. The van der Waals surface area contributed by atoms with Gasteiger partial charge in [-0.1, -0.05) is 38.1 Å². The van der Waals surface area contributed by atoms with Crippen LogP contribution in [0.2, 0.25) is 0 Å². The molecule has 0 spiro atoms. The molecule has 1 aromatic heterocycles. The minimum Gasteiger partial charge on any atom is -1.00 e. The topological polar surface area (TPSA) is 4.93 Å². The summed E-state index contributed by atoms with van der Waals surface area (Å²) in [4.78, 5) is 0. The molecule has 146 valence electrons. The largest absolute Gasteiger partial charge is 4.00 e. The standard InChI is InChI=1S/C18H14N.C7H9.2ClH.Hf/c1-13-10-16-8-4-5-9-18(16)19(13)17-11-14-6-2-3-7-15(14)12-17;1-6-4-3-5-7(6)2;;;/h2-12H,1H3;3-5H,1-2H3;2*1H;/q2*-1;;;+4/p-2. The van der Waals surface area contributed by atoms with Crippen LogP contribution in [0.1, 0.15) is 16.8 Å². The Kier molecular flexibility index (Phi) is 9.61. The van der Waals surface area contributed by atoms with Crippen molar-refractivity contribution in [1.82, 2.24) is 4.57 Å². The summed E-state index contributed by atoms with van der Waals surface area (Å²) in [6, 6.07) is 30.1. The van der Waals surface area contributed by atoms with Crippen molar-refractivity contribution in [2.75, 3.05) is 0 Å². The fraction of sp³-hybridized carbons (Fsp3) is 0.120.